The Balaban J connectivity index is 1.60. The molecule has 0 radical (unpaired) electrons. The highest BCUT2D eigenvalue weighted by Gasteiger charge is 2.40. The van der Waals surface area contributed by atoms with E-state index >= 15 is 0 Å². The van der Waals surface area contributed by atoms with E-state index in [4.69, 9.17) is 9.47 Å². The molecule has 0 saturated carbocycles. The second-order valence-electron chi connectivity index (χ2n) is 5.95. The van der Waals surface area contributed by atoms with Crippen LogP contribution in [-0.2, 0) is 9.47 Å². The van der Waals surface area contributed by atoms with Gasteiger partial charge in [-0.2, -0.15) is 0 Å². The van der Waals surface area contributed by atoms with Crippen LogP contribution in [0.25, 0.3) is 0 Å². The van der Waals surface area contributed by atoms with Crippen molar-refractivity contribution >= 4 is 11.9 Å². The van der Waals surface area contributed by atoms with E-state index in [9.17, 15) is 4.79 Å². The van der Waals surface area contributed by atoms with E-state index in [1.54, 1.807) is 12.3 Å². The summed E-state index contributed by atoms with van der Waals surface area (Å²) in [6, 6.07) is 1.65. The van der Waals surface area contributed by atoms with Crippen molar-refractivity contribution in [1.29, 1.82) is 0 Å². The van der Waals surface area contributed by atoms with Crippen LogP contribution in [-0.4, -0.2) is 54.5 Å². The van der Waals surface area contributed by atoms with Crippen LogP contribution in [0.15, 0.2) is 12.3 Å². The lowest BCUT2D eigenvalue weighted by atomic mass is 10.0. The number of unbranched alkanes of at least 4 members (excludes halogenated alkanes) is 1. The van der Waals surface area contributed by atoms with Gasteiger partial charge in [-0.15, -0.1) is 0 Å². The lowest BCUT2D eigenvalue weighted by Crippen LogP contribution is -2.45. The van der Waals surface area contributed by atoms with Crippen molar-refractivity contribution in [2.75, 3.05) is 37.7 Å². The summed E-state index contributed by atoms with van der Waals surface area (Å²) < 4.78 is 11.5. The highest BCUT2D eigenvalue weighted by molar-refractivity contribution is 5.92. The summed E-state index contributed by atoms with van der Waals surface area (Å²) >= 11 is 0. The third kappa shape index (κ3) is 3.79. The maximum Gasteiger partial charge on any atom is 0.270 e. The second-order valence-corrected chi connectivity index (χ2v) is 5.95. The van der Waals surface area contributed by atoms with Gasteiger partial charge in [-0.1, -0.05) is 13.3 Å². The van der Waals surface area contributed by atoms with Crippen LogP contribution in [0.1, 0.15) is 43.1 Å². The summed E-state index contributed by atoms with van der Waals surface area (Å²) in [5, 5.41) is 2.88. The SMILES string of the molecule is CCCCNC(=O)c1ccnc(N2CCC3(CC2)OCCO3)n1. The van der Waals surface area contributed by atoms with Crippen LogP contribution in [0, 0.1) is 0 Å². The summed E-state index contributed by atoms with van der Waals surface area (Å²) in [5.41, 5.74) is 0.416. The molecule has 1 aromatic heterocycles. The van der Waals surface area contributed by atoms with E-state index in [1.807, 2.05) is 0 Å². The molecule has 3 rings (SSSR count). The molecule has 23 heavy (non-hydrogen) atoms. The van der Waals surface area contributed by atoms with Crippen molar-refractivity contribution in [3.05, 3.63) is 18.0 Å². The smallest absolute Gasteiger partial charge is 0.270 e. The molecule has 0 atom stereocenters. The molecule has 2 aliphatic rings. The zero-order valence-electron chi connectivity index (χ0n) is 13.6. The molecule has 126 valence electrons. The molecule has 0 unspecified atom stereocenters. The zero-order chi connectivity index (χ0) is 16.1. The van der Waals surface area contributed by atoms with E-state index in [2.05, 4.69) is 27.1 Å². The molecular weight excluding hydrogens is 296 g/mol. The summed E-state index contributed by atoms with van der Waals surface area (Å²) in [4.78, 5) is 22.9. The molecule has 7 heteroatoms. The molecule has 7 nitrogen and oxygen atoms in total. The van der Waals surface area contributed by atoms with Crippen LogP contribution in [0.3, 0.4) is 0 Å². The van der Waals surface area contributed by atoms with E-state index in [0.29, 0.717) is 31.4 Å². The van der Waals surface area contributed by atoms with Crippen molar-refractivity contribution in [2.24, 2.45) is 0 Å². The van der Waals surface area contributed by atoms with Gasteiger partial charge in [0.25, 0.3) is 5.91 Å². The van der Waals surface area contributed by atoms with Crippen molar-refractivity contribution in [1.82, 2.24) is 15.3 Å². The number of rotatable bonds is 5. The average Bonchev–Trinajstić information content (AvgIpc) is 3.04. The van der Waals surface area contributed by atoms with Gasteiger partial charge in [0.15, 0.2) is 5.79 Å². The highest BCUT2D eigenvalue weighted by atomic mass is 16.7. The third-order valence-electron chi connectivity index (χ3n) is 4.31. The number of aromatic nitrogens is 2. The lowest BCUT2D eigenvalue weighted by molar-refractivity contribution is -0.169. The van der Waals surface area contributed by atoms with Crippen LogP contribution < -0.4 is 10.2 Å². The monoisotopic (exact) mass is 320 g/mol. The van der Waals surface area contributed by atoms with Gasteiger partial charge in [0.1, 0.15) is 5.69 Å². The van der Waals surface area contributed by atoms with Gasteiger partial charge < -0.3 is 19.7 Å². The van der Waals surface area contributed by atoms with Crippen molar-refractivity contribution in [3.8, 4) is 0 Å². The zero-order valence-corrected chi connectivity index (χ0v) is 13.6. The number of piperidine rings is 1. The van der Waals surface area contributed by atoms with Crippen LogP contribution in [0.5, 0.6) is 0 Å². The van der Waals surface area contributed by atoms with Gasteiger partial charge in [-0.25, -0.2) is 9.97 Å². The Kier molecular flexibility index (Phi) is 5.07. The molecular formula is C16H24N4O3. The molecule has 2 aliphatic heterocycles. The topological polar surface area (TPSA) is 76.6 Å². The fourth-order valence-corrected chi connectivity index (χ4v) is 2.93. The fourth-order valence-electron chi connectivity index (χ4n) is 2.93. The standard InChI is InChI=1S/C16H24N4O3/c1-2-3-7-17-14(21)13-4-8-18-15(19-13)20-9-5-16(6-10-20)22-11-12-23-16/h4,8H,2-3,5-7,9-12H2,1H3,(H,17,21). The largest absolute Gasteiger partial charge is 0.351 e. The second kappa shape index (κ2) is 7.23. The quantitative estimate of drug-likeness (QED) is 0.825. The molecule has 3 heterocycles. The van der Waals surface area contributed by atoms with Crippen LogP contribution in [0.2, 0.25) is 0 Å². The number of anilines is 1. The average molecular weight is 320 g/mol. The summed E-state index contributed by atoms with van der Waals surface area (Å²) in [6.07, 6.45) is 5.25. The normalized spacial score (nSPS) is 20.0. The van der Waals surface area contributed by atoms with E-state index in [1.165, 1.54) is 0 Å². The number of ether oxygens (including phenoxy) is 2. The first-order valence-electron chi connectivity index (χ1n) is 8.36. The molecule has 1 aromatic rings. The van der Waals surface area contributed by atoms with E-state index in [-0.39, 0.29) is 5.91 Å². The maximum atomic E-state index is 12.1. The summed E-state index contributed by atoms with van der Waals surface area (Å²) in [5.74, 6) is 0.0464. The Labute approximate surface area is 136 Å². The number of carbonyl (C=O) groups excluding carboxylic acids is 1. The Morgan fingerprint density at radius 2 is 2.09 bits per heavy atom. The van der Waals surface area contributed by atoms with Gasteiger partial charge in [0, 0.05) is 38.7 Å². The number of nitrogens with zero attached hydrogens (tertiary/aromatic N) is 3. The maximum absolute atomic E-state index is 12.1. The van der Waals surface area contributed by atoms with Crippen molar-refractivity contribution in [2.45, 2.75) is 38.4 Å². The summed E-state index contributed by atoms with van der Waals surface area (Å²) in [6.45, 7) is 5.64. The molecule has 2 fully saturated rings. The Morgan fingerprint density at radius 3 is 2.78 bits per heavy atom. The first kappa shape index (κ1) is 16.1. The highest BCUT2D eigenvalue weighted by Crippen LogP contribution is 2.32. The predicted molar refractivity (Wildman–Crippen MR) is 85.4 cm³/mol. The minimum absolute atomic E-state index is 0.141. The van der Waals surface area contributed by atoms with Gasteiger partial charge in [0.2, 0.25) is 5.95 Å². The molecule has 1 amide bonds. The van der Waals surface area contributed by atoms with Gasteiger partial charge in [0.05, 0.1) is 13.2 Å². The molecule has 0 bridgehead atoms. The molecule has 1 spiro atoms. The molecule has 1 N–H and O–H groups in total. The number of amides is 1. The molecule has 0 aromatic carbocycles. The lowest BCUT2D eigenvalue weighted by Gasteiger charge is -2.37. The van der Waals surface area contributed by atoms with E-state index in [0.717, 1.165) is 38.8 Å². The van der Waals surface area contributed by atoms with Crippen LogP contribution in [0.4, 0.5) is 5.95 Å². The Morgan fingerprint density at radius 1 is 1.35 bits per heavy atom. The fraction of sp³-hybridized carbons (Fsp3) is 0.688. The Bertz CT molecular complexity index is 536. The van der Waals surface area contributed by atoms with Crippen molar-refractivity contribution < 1.29 is 14.3 Å². The Hall–Kier alpha value is -1.73. The number of hydrogen-bond acceptors (Lipinski definition) is 6. The summed E-state index contributed by atoms with van der Waals surface area (Å²) in [7, 11) is 0. The number of carbonyl (C=O) groups is 1. The molecule has 2 saturated heterocycles. The number of nitrogens with one attached hydrogen (secondary N) is 1. The minimum atomic E-state index is -0.411. The first-order chi connectivity index (χ1) is 11.2. The van der Waals surface area contributed by atoms with Gasteiger partial charge in [-0.3, -0.25) is 4.79 Å². The van der Waals surface area contributed by atoms with E-state index < -0.39 is 5.79 Å². The third-order valence-corrected chi connectivity index (χ3v) is 4.31. The van der Waals surface area contributed by atoms with Gasteiger partial charge in [-0.05, 0) is 12.5 Å². The number of hydrogen-bond donors (Lipinski definition) is 1. The first-order valence-corrected chi connectivity index (χ1v) is 8.36. The molecule has 0 aliphatic carbocycles. The van der Waals surface area contributed by atoms with Crippen molar-refractivity contribution in [3.63, 3.8) is 0 Å². The minimum Gasteiger partial charge on any atom is -0.351 e. The van der Waals surface area contributed by atoms with Gasteiger partial charge >= 0.3 is 0 Å². The van der Waals surface area contributed by atoms with Crippen LogP contribution >= 0.6 is 0 Å². The predicted octanol–water partition coefficient (Wildman–Crippen LogP) is 1.35.